The van der Waals surface area contributed by atoms with Gasteiger partial charge in [-0.2, -0.15) is 0 Å². The number of aliphatic hydroxyl groups is 1. The Balaban J connectivity index is 2.73. The summed E-state index contributed by atoms with van der Waals surface area (Å²) < 4.78 is 29.1. The predicted octanol–water partition coefficient (Wildman–Crippen LogP) is 1.92. The number of hydrogen-bond donors (Lipinski definition) is 3. The zero-order chi connectivity index (χ0) is 21.7. The van der Waals surface area contributed by atoms with Gasteiger partial charge in [-0.05, 0) is 31.1 Å². The molecule has 24 heavy (non-hydrogen) atoms. The molecule has 0 spiro atoms. The molecule has 1 fully saturated rings. The Bertz CT molecular complexity index is 618. The smallest absolute Gasteiger partial charge is 0.326 e. The first-order valence-corrected chi connectivity index (χ1v) is 8.25. The Morgan fingerprint density at radius 1 is 1.46 bits per heavy atom. The average molecular weight is 343 g/mol. The lowest BCUT2D eigenvalue weighted by atomic mass is 9.89. The highest BCUT2D eigenvalue weighted by Gasteiger charge is 2.35. The highest BCUT2D eigenvalue weighted by molar-refractivity contribution is 5.87. The van der Waals surface area contributed by atoms with Crippen molar-refractivity contribution in [2.75, 3.05) is 6.56 Å². The Labute approximate surface area is 148 Å². The zero-order valence-electron chi connectivity index (χ0n) is 18.1. The van der Waals surface area contributed by atoms with E-state index in [0.29, 0.717) is 12.8 Å². The van der Waals surface area contributed by atoms with Gasteiger partial charge in [-0.1, -0.05) is 32.4 Å². The fraction of sp³-hybridized carbons (Fsp3) is 0.722. The summed E-state index contributed by atoms with van der Waals surface area (Å²) in [6.07, 6.45) is 1.08. The van der Waals surface area contributed by atoms with Crippen LogP contribution in [0.2, 0.25) is 0 Å². The molecule has 136 valence electrons. The molecule has 1 aliphatic rings. The Hall–Kier alpha value is -1.69. The van der Waals surface area contributed by atoms with Crippen LogP contribution in [0, 0.1) is 17.8 Å². The Kier molecular flexibility index (Phi) is 6.24. The molecule has 1 aliphatic carbocycles. The summed E-state index contributed by atoms with van der Waals surface area (Å²) in [6, 6.07) is -0.994. The fourth-order valence-electron chi connectivity index (χ4n) is 3.01. The molecule has 0 aliphatic heterocycles. The number of amides is 1. The SMILES string of the molecule is [2H]C([2H])(O)C([2H])([2H])/C=C\C[C@@H]1C(=O)CC[C@@H]1CC(=O)N[C@H](C(=O)O)[C@@H](C)CC. The third-order valence-electron chi connectivity index (χ3n) is 4.64. The van der Waals surface area contributed by atoms with Gasteiger partial charge in [-0.15, -0.1) is 0 Å². The zero-order valence-corrected chi connectivity index (χ0v) is 14.1. The van der Waals surface area contributed by atoms with Crippen molar-refractivity contribution >= 4 is 17.7 Å². The molecular weight excluding hydrogens is 310 g/mol. The van der Waals surface area contributed by atoms with E-state index >= 15 is 0 Å². The van der Waals surface area contributed by atoms with Gasteiger partial charge in [-0.3, -0.25) is 9.59 Å². The lowest BCUT2D eigenvalue weighted by molar-refractivity contribution is -0.143. The largest absolute Gasteiger partial charge is 0.480 e. The summed E-state index contributed by atoms with van der Waals surface area (Å²) in [4.78, 5) is 35.8. The molecule has 1 amide bonds. The molecule has 0 unspecified atom stereocenters. The molecule has 1 rings (SSSR count). The van der Waals surface area contributed by atoms with Gasteiger partial charge in [-0.25, -0.2) is 4.79 Å². The molecule has 3 N–H and O–H groups in total. The highest BCUT2D eigenvalue weighted by atomic mass is 16.4. The number of Topliss-reactive ketones (excluding diaryl/α,β-unsaturated/α-hetero) is 1. The van der Waals surface area contributed by atoms with E-state index in [2.05, 4.69) is 5.32 Å². The molecule has 0 bridgehead atoms. The van der Waals surface area contributed by atoms with Crippen molar-refractivity contribution in [3.05, 3.63) is 12.2 Å². The average Bonchev–Trinajstić information content (AvgIpc) is 2.90. The monoisotopic (exact) mass is 343 g/mol. The van der Waals surface area contributed by atoms with Gasteiger partial charge in [0.1, 0.15) is 11.8 Å². The van der Waals surface area contributed by atoms with Crippen molar-refractivity contribution in [2.45, 2.75) is 58.4 Å². The summed E-state index contributed by atoms with van der Waals surface area (Å²) in [5.74, 6) is -2.66. The van der Waals surface area contributed by atoms with E-state index in [1.165, 1.54) is 6.08 Å². The fourth-order valence-corrected chi connectivity index (χ4v) is 3.01. The quantitative estimate of drug-likeness (QED) is 0.526. The van der Waals surface area contributed by atoms with Crippen LogP contribution in [-0.4, -0.2) is 40.5 Å². The number of ketones is 1. The molecule has 0 saturated heterocycles. The number of hydrogen-bond acceptors (Lipinski definition) is 4. The van der Waals surface area contributed by atoms with Crippen LogP contribution in [0.4, 0.5) is 0 Å². The van der Waals surface area contributed by atoms with Gasteiger partial charge in [0.25, 0.3) is 0 Å². The normalized spacial score (nSPS) is 27.0. The van der Waals surface area contributed by atoms with E-state index in [-0.39, 0.29) is 36.9 Å². The minimum absolute atomic E-state index is 0.00181. The number of aliphatic carboxylic acids is 1. The second-order valence-electron chi connectivity index (χ2n) is 6.24. The summed E-state index contributed by atoms with van der Waals surface area (Å²) in [5, 5.41) is 21.0. The molecule has 0 heterocycles. The number of carbonyl (C=O) groups excluding carboxylic acids is 2. The molecule has 1 saturated carbocycles. The molecule has 0 radical (unpaired) electrons. The summed E-state index contributed by atoms with van der Waals surface area (Å²) in [7, 11) is 0. The maximum absolute atomic E-state index is 12.3. The van der Waals surface area contributed by atoms with Crippen LogP contribution in [0.5, 0.6) is 0 Å². The summed E-state index contributed by atoms with van der Waals surface area (Å²) >= 11 is 0. The lowest BCUT2D eigenvalue weighted by Crippen LogP contribution is -2.45. The minimum atomic E-state index is -3.05. The van der Waals surface area contributed by atoms with Crippen molar-refractivity contribution in [3.8, 4) is 0 Å². The van der Waals surface area contributed by atoms with Crippen LogP contribution in [-0.2, 0) is 14.4 Å². The Morgan fingerprint density at radius 2 is 2.17 bits per heavy atom. The van der Waals surface area contributed by atoms with Gasteiger partial charge in [0.15, 0.2) is 0 Å². The second kappa shape index (κ2) is 10.2. The van der Waals surface area contributed by atoms with Crippen molar-refractivity contribution in [1.82, 2.24) is 5.32 Å². The molecule has 0 aromatic rings. The first-order valence-electron chi connectivity index (χ1n) is 10.2. The van der Waals surface area contributed by atoms with E-state index in [1.54, 1.807) is 6.92 Å². The summed E-state index contributed by atoms with van der Waals surface area (Å²) in [5.41, 5.74) is 0. The van der Waals surface area contributed by atoms with Crippen LogP contribution in [0.1, 0.15) is 57.8 Å². The van der Waals surface area contributed by atoms with Crippen LogP contribution in [0.25, 0.3) is 0 Å². The molecule has 6 heteroatoms. The molecular formula is C18H29NO5. The molecule has 4 atom stereocenters. The van der Waals surface area contributed by atoms with Crippen LogP contribution >= 0.6 is 0 Å². The van der Waals surface area contributed by atoms with Crippen molar-refractivity contribution in [1.29, 1.82) is 0 Å². The third-order valence-corrected chi connectivity index (χ3v) is 4.64. The van der Waals surface area contributed by atoms with Crippen molar-refractivity contribution < 1.29 is 30.1 Å². The van der Waals surface area contributed by atoms with E-state index in [1.807, 2.05) is 6.92 Å². The highest BCUT2D eigenvalue weighted by Crippen LogP contribution is 2.34. The van der Waals surface area contributed by atoms with E-state index < -0.39 is 36.8 Å². The van der Waals surface area contributed by atoms with Gasteiger partial charge in [0.05, 0.1) is 2.74 Å². The first-order chi connectivity index (χ1) is 12.8. The maximum Gasteiger partial charge on any atom is 0.326 e. The number of allylic oxidation sites excluding steroid dienone is 1. The van der Waals surface area contributed by atoms with Crippen molar-refractivity contribution in [2.24, 2.45) is 17.8 Å². The third kappa shape index (κ3) is 6.07. The number of nitrogens with one attached hydrogen (secondary N) is 1. The van der Waals surface area contributed by atoms with E-state index in [4.69, 9.17) is 5.48 Å². The van der Waals surface area contributed by atoms with E-state index in [9.17, 15) is 24.6 Å². The standard InChI is InChI=1S/C18H29NO5/c1-3-12(2)17(18(23)24)19-16(22)11-13-8-9-15(21)14(13)7-5-4-6-10-20/h4-5,12-14,17,20H,3,6-11H2,1-2H3,(H,19,22)(H,23,24)/b5-4-/t12-,13+,14-,17-/m0/s1/i6D2,10D2. The minimum Gasteiger partial charge on any atom is -0.480 e. The first kappa shape index (κ1) is 14.6. The van der Waals surface area contributed by atoms with Gasteiger partial charge < -0.3 is 15.5 Å². The van der Waals surface area contributed by atoms with Crippen LogP contribution in [0.15, 0.2) is 12.2 Å². The van der Waals surface area contributed by atoms with E-state index in [0.717, 1.165) is 6.08 Å². The second-order valence-corrected chi connectivity index (χ2v) is 6.24. The molecule has 0 aromatic heterocycles. The molecule has 6 nitrogen and oxygen atoms in total. The topological polar surface area (TPSA) is 104 Å². The van der Waals surface area contributed by atoms with Crippen LogP contribution < -0.4 is 5.32 Å². The predicted molar refractivity (Wildman–Crippen MR) is 90.3 cm³/mol. The van der Waals surface area contributed by atoms with Crippen LogP contribution in [0.3, 0.4) is 0 Å². The number of carboxylic acid groups (broad SMARTS) is 1. The molecule has 0 aromatic carbocycles. The lowest BCUT2D eigenvalue weighted by Gasteiger charge is -2.22. The number of carboxylic acids is 1. The van der Waals surface area contributed by atoms with Crippen molar-refractivity contribution in [3.63, 3.8) is 0 Å². The number of carbonyl (C=O) groups is 3. The van der Waals surface area contributed by atoms with Gasteiger partial charge >= 0.3 is 5.97 Å². The Morgan fingerprint density at radius 3 is 2.75 bits per heavy atom. The number of rotatable bonds is 10. The van der Waals surface area contributed by atoms with Gasteiger partial charge in [0, 0.05) is 28.1 Å². The summed E-state index contributed by atoms with van der Waals surface area (Å²) in [6.45, 7) is 0.516. The maximum atomic E-state index is 12.3. The van der Waals surface area contributed by atoms with Gasteiger partial charge in [0.2, 0.25) is 5.91 Å².